The lowest BCUT2D eigenvalue weighted by atomic mass is 10.3. The molecule has 1 aromatic rings. The van der Waals surface area contributed by atoms with Crippen molar-refractivity contribution in [2.24, 2.45) is 0 Å². The Balaban J connectivity index is 2.67. The second-order valence-electron chi connectivity index (χ2n) is 2.85. The third-order valence-electron chi connectivity index (χ3n) is 1.81. The number of rotatable bonds is 5. The Bertz CT molecular complexity index is 293. The minimum absolute atomic E-state index is 0.708. The van der Waals surface area contributed by atoms with E-state index >= 15 is 0 Å². The van der Waals surface area contributed by atoms with Crippen LogP contribution in [0.25, 0.3) is 0 Å². The number of hydrogen-bond donors (Lipinski definition) is 2. The van der Waals surface area contributed by atoms with Gasteiger partial charge >= 0.3 is 0 Å². The van der Waals surface area contributed by atoms with Gasteiger partial charge in [-0.05, 0) is 30.4 Å². The Morgan fingerprint density at radius 3 is 2.93 bits per heavy atom. The maximum Gasteiger partial charge on any atom is 0.142 e. The number of benzene rings is 1. The molecule has 0 saturated heterocycles. The summed E-state index contributed by atoms with van der Waals surface area (Å²) in [6.07, 6.45) is 1.01. The number of anilines is 1. The SMILES string of the molecule is COc1ccc(Cl)cc1NCCCS. The fourth-order valence-electron chi connectivity index (χ4n) is 1.12. The van der Waals surface area contributed by atoms with Gasteiger partial charge in [0.1, 0.15) is 5.75 Å². The molecule has 0 saturated carbocycles. The van der Waals surface area contributed by atoms with Crippen molar-refractivity contribution in [1.82, 2.24) is 0 Å². The van der Waals surface area contributed by atoms with Crippen LogP contribution >= 0.6 is 24.2 Å². The van der Waals surface area contributed by atoms with E-state index in [0.717, 1.165) is 30.2 Å². The first-order valence-corrected chi connectivity index (χ1v) is 5.47. The van der Waals surface area contributed by atoms with Gasteiger partial charge in [-0.25, -0.2) is 0 Å². The van der Waals surface area contributed by atoms with Crippen LogP contribution in [-0.4, -0.2) is 19.4 Å². The molecule has 0 atom stereocenters. The molecule has 0 spiro atoms. The number of thiol groups is 1. The third-order valence-corrected chi connectivity index (χ3v) is 2.36. The zero-order chi connectivity index (χ0) is 10.4. The first-order chi connectivity index (χ1) is 6.77. The minimum atomic E-state index is 0.708. The van der Waals surface area contributed by atoms with Gasteiger partial charge in [0.15, 0.2) is 0 Å². The van der Waals surface area contributed by atoms with Crippen molar-refractivity contribution in [2.75, 3.05) is 24.7 Å². The quantitative estimate of drug-likeness (QED) is 0.600. The maximum atomic E-state index is 5.88. The largest absolute Gasteiger partial charge is 0.495 e. The van der Waals surface area contributed by atoms with Gasteiger partial charge in [-0.3, -0.25) is 0 Å². The molecule has 4 heteroatoms. The zero-order valence-electron chi connectivity index (χ0n) is 8.09. The van der Waals surface area contributed by atoms with E-state index in [-0.39, 0.29) is 0 Å². The molecule has 78 valence electrons. The number of methoxy groups -OCH3 is 1. The molecule has 0 amide bonds. The predicted molar refractivity (Wildman–Crippen MR) is 65.0 cm³/mol. The van der Waals surface area contributed by atoms with E-state index in [4.69, 9.17) is 16.3 Å². The van der Waals surface area contributed by atoms with Crippen LogP contribution in [0, 0.1) is 0 Å². The summed E-state index contributed by atoms with van der Waals surface area (Å²) in [6.45, 7) is 0.875. The van der Waals surface area contributed by atoms with E-state index in [1.807, 2.05) is 18.2 Å². The van der Waals surface area contributed by atoms with Gasteiger partial charge in [0.25, 0.3) is 0 Å². The van der Waals surface area contributed by atoms with Crippen LogP contribution in [0.3, 0.4) is 0 Å². The van der Waals surface area contributed by atoms with E-state index in [1.165, 1.54) is 0 Å². The molecule has 2 nitrogen and oxygen atoms in total. The van der Waals surface area contributed by atoms with Crippen LogP contribution in [0.15, 0.2) is 18.2 Å². The number of halogens is 1. The Kier molecular flexibility index (Phi) is 4.98. The number of hydrogen-bond acceptors (Lipinski definition) is 3. The minimum Gasteiger partial charge on any atom is -0.495 e. The highest BCUT2D eigenvalue weighted by atomic mass is 35.5. The van der Waals surface area contributed by atoms with Crippen molar-refractivity contribution in [2.45, 2.75) is 6.42 Å². The van der Waals surface area contributed by atoms with Gasteiger partial charge < -0.3 is 10.1 Å². The average molecular weight is 232 g/mol. The normalized spacial score (nSPS) is 9.93. The van der Waals surface area contributed by atoms with E-state index in [1.54, 1.807) is 7.11 Å². The number of nitrogens with one attached hydrogen (secondary N) is 1. The Morgan fingerprint density at radius 2 is 2.29 bits per heavy atom. The topological polar surface area (TPSA) is 21.3 Å². The van der Waals surface area contributed by atoms with Crippen molar-refractivity contribution < 1.29 is 4.74 Å². The third kappa shape index (κ3) is 3.31. The van der Waals surface area contributed by atoms with Crippen molar-refractivity contribution in [3.63, 3.8) is 0 Å². The van der Waals surface area contributed by atoms with E-state index in [0.29, 0.717) is 5.02 Å². The first-order valence-electron chi connectivity index (χ1n) is 4.46. The molecule has 0 heterocycles. The zero-order valence-corrected chi connectivity index (χ0v) is 9.74. The molecular formula is C10H14ClNOS. The molecule has 1 aromatic carbocycles. The Labute approximate surface area is 95.0 Å². The first kappa shape index (κ1) is 11.5. The van der Waals surface area contributed by atoms with E-state index in [9.17, 15) is 0 Å². The number of ether oxygens (including phenoxy) is 1. The lowest BCUT2D eigenvalue weighted by Gasteiger charge is -2.10. The maximum absolute atomic E-state index is 5.88. The summed E-state index contributed by atoms with van der Waals surface area (Å²) in [6, 6.07) is 5.52. The highest BCUT2D eigenvalue weighted by Crippen LogP contribution is 2.27. The van der Waals surface area contributed by atoms with Gasteiger partial charge in [0.2, 0.25) is 0 Å². The molecule has 0 aliphatic carbocycles. The summed E-state index contributed by atoms with van der Waals surface area (Å²) < 4.78 is 5.19. The van der Waals surface area contributed by atoms with Crippen LogP contribution in [0.4, 0.5) is 5.69 Å². The highest BCUT2D eigenvalue weighted by molar-refractivity contribution is 7.80. The smallest absolute Gasteiger partial charge is 0.142 e. The monoisotopic (exact) mass is 231 g/mol. The molecule has 1 rings (SSSR count). The van der Waals surface area contributed by atoms with Crippen molar-refractivity contribution in [3.8, 4) is 5.75 Å². The summed E-state index contributed by atoms with van der Waals surface area (Å²) >= 11 is 10.0. The Hall–Kier alpha value is -0.540. The van der Waals surface area contributed by atoms with Gasteiger partial charge in [0.05, 0.1) is 12.8 Å². The van der Waals surface area contributed by atoms with Crippen molar-refractivity contribution in [1.29, 1.82) is 0 Å². The van der Waals surface area contributed by atoms with Gasteiger partial charge in [-0.15, -0.1) is 0 Å². The van der Waals surface area contributed by atoms with Crippen LogP contribution in [-0.2, 0) is 0 Å². The summed E-state index contributed by atoms with van der Waals surface area (Å²) in [7, 11) is 1.65. The molecule has 0 radical (unpaired) electrons. The van der Waals surface area contributed by atoms with Crippen molar-refractivity contribution in [3.05, 3.63) is 23.2 Å². The predicted octanol–water partition coefficient (Wildman–Crippen LogP) is 3.08. The lowest BCUT2D eigenvalue weighted by molar-refractivity contribution is 0.416. The second kappa shape index (κ2) is 6.04. The molecule has 0 bridgehead atoms. The standard InChI is InChI=1S/C10H14ClNOS/c1-13-10-4-3-8(11)7-9(10)12-5-2-6-14/h3-4,7,12,14H,2,5-6H2,1H3. The van der Waals surface area contributed by atoms with Gasteiger partial charge in [-0.2, -0.15) is 12.6 Å². The van der Waals surface area contributed by atoms with E-state index in [2.05, 4.69) is 17.9 Å². The van der Waals surface area contributed by atoms with Crippen molar-refractivity contribution >= 4 is 29.9 Å². The summed E-state index contributed by atoms with van der Waals surface area (Å²) in [5, 5.41) is 3.96. The average Bonchev–Trinajstić information content (AvgIpc) is 2.19. The molecule has 0 aliphatic rings. The van der Waals surface area contributed by atoms with Crippen LogP contribution in [0.1, 0.15) is 6.42 Å². The van der Waals surface area contributed by atoms with Crippen LogP contribution < -0.4 is 10.1 Å². The fourth-order valence-corrected chi connectivity index (χ4v) is 1.45. The second-order valence-corrected chi connectivity index (χ2v) is 3.73. The fraction of sp³-hybridized carbons (Fsp3) is 0.400. The molecule has 1 N–H and O–H groups in total. The van der Waals surface area contributed by atoms with Crippen LogP contribution in [0.5, 0.6) is 5.75 Å². The van der Waals surface area contributed by atoms with Gasteiger partial charge in [0, 0.05) is 11.6 Å². The molecule has 14 heavy (non-hydrogen) atoms. The Morgan fingerprint density at radius 1 is 1.50 bits per heavy atom. The molecular weight excluding hydrogens is 218 g/mol. The van der Waals surface area contributed by atoms with Gasteiger partial charge in [-0.1, -0.05) is 11.6 Å². The summed E-state index contributed by atoms with van der Waals surface area (Å²) in [5.41, 5.74) is 0.932. The molecule has 0 aliphatic heterocycles. The van der Waals surface area contributed by atoms with E-state index < -0.39 is 0 Å². The van der Waals surface area contributed by atoms with Crippen LogP contribution in [0.2, 0.25) is 5.02 Å². The highest BCUT2D eigenvalue weighted by Gasteiger charge is 2.01. The summed E-state index contributed by atoms with van der Waals surface area (Å²) in [4.78, 5) is 0. The molecule has 0 unspecified atom stereocenters. The molecule has 0 fully saturated rings. The molecule has 0 aromatic heterocycles. The summed E-state index contributed by atoms with van der Waals surface area (Å²) in [5.74, 6) is 1.68. The lowest BCUT2D eigenvalue weighted by Crippen LogP contribution is -2.03.